The summed E-state index contributed by atoms with van der Waals surface area (Å²) in [5.41, 5.74) is -0.475. The average molecular weight is 238 g/mol. The molecule has 1 N–H and O–H groups in total. The van der Waals surface area contributed by atoms with Gasteiger partial charge in [-0.25, -0.2) is 9.59 Å². The van der Waals surface area contributed by atoms with Crippen LogP contribution in [0.5, 0.6) is 0 Å². The predicted molar refractivity (Wildman–Crippen MR) is 57.6 cm³/mol. The van der Waals surface area contributed by atoms with Gasteiger partial charge in [0.15, 0.2) is 5.43 Å². The summed E-state index contributed by atoms with van der Waals surface area (Å²) in [7, 11) is 0. The Hall–Kier alpha value is -2.37. The normalized spacial score (nSPS) is 10.4. The van der Waals surface area contributed by atoms with E-state index in [0.717, 1.165) is 18.4 Å². The van der Waals surface area contributed by atoms with Crippen molar-refractivity contribution in [2.24, 2.45) is 0 Å². The second-order valence-corrected chi connectivity index (χ2v) is 2.95. The number of esters is 1. The topological polar surface area (TPSA) is 93.8 Å². The Morgan fingerprint density at radius 2 is 2.24 bits per heavy atom. The third-order valence-electron chi connectivity index (χ3n) is 1.76. The van der Waals surface area contributed by atoms with Gasteiger partial charge in [0.05, 0.1) is 12.2 Å². The SMILES string of the molecule is CCOC(=O)/C=C/c1coc(C(=O)O)cc1=O. The molecule has 1 aromatic heterocycles. The van der Waals surface area contributed by atoms with Crippen molar-refractivity contribution in [1.29, 1.82) is 0 Å². The second-order valence-electron chi connectivity index (χ2n) is 2.95. The first-order valence-electron chi connectivity index (χ1n) is 4.75. The highest BCUT2D eigenvalue weighted by Gasteiger charge is 2.08. The van der Waals surface area contributed by atoms with Crippen molar-refractivity contribution in [3.8, 4) is 0 Å². The molecule has 0 aromatic carbocycles. The van der Waals surface area contributed by atoms with Crippen LogP contribution >= 0.6 is 0 Å². The number of carboxylic acid groups (broad SMARTS) is 1. The van der Waals surface area contributed by atoms with E-state index < -0.39 is 23.1 Å². The Kier molecular flexibility index (Phi) is 4.21. The fourth-order valence-corrected chi connectivity index (χ4v) is 1.00. The Morgan fingerprint density at radius 1 is 1.53 bits per heavy atom. The van der Waals surface area contributed by atoms with Gasteiger partial charge >= 0.3 is 11.9 Å². The lowest BCUT2D eigenvalue weighted by Gasteiger charge is -1.96. The van der Waals surface area contributed by atoms with Gasteiger partial charge in [-0.3, -0.25) is 4.79 Å². The van der Waals surface area contributed by atoms with Gasteiger partial charge in [-0.05, 0) is 13.0 Å². The highest BCUT2D eigenvalue weighted by atomic mass is 16.5. The Balaban J connectivity index is 2.90. The van der Waals surface area contributed by atoms with Gasteiger partial charge in [0.2, 0.25) is 5.76 Å². The van der Waals surface area contributed by atoms with E-state index in [1.54, 1.807) is 6.92 Å². The first-order valence-corrected chi connectivity index (χ1v) is 4.75. The largest absolute Gasteiger partial charge is 0.475 e. The molecule has 17 heavy (non-hydrogen) atoms. The summed E-state index contributed by atoms with van der Waals surface area (Å²) in [4.78, 5) is 32.8. The van der Waals surface area contributed by atoms with Crippen LogP contribution < -0.4 is 5.43 Å². The lowest BCUT2D eigenvalue weighted by Crippen LogP contribution is -2.08. The summed E-state index contributed by atoms with van der Waals surface area (Å²) in [6.45, 7) is 1.89. The highest BCUT2D eigenvalue weighted by molar-refractivity contribution is 5.87. The van der Waals surface area contributed by atoms with Crippen molar-refractivity contribution < 1.29 is 23.8 Å². The molecule has 0 aliphatic rings. The van der Waals surface area contributed by atoms with Crippen LogP contribution in [0.4, 0.5) is 0 Å². The van der Waals surface area contributed by atoms with Gasteiger partial charge in [0.25, 0.3) is 0 Å². The zero-order valence-electron chi connectivity index (χ0n) is 9.00. The lowest BCUT2D eigenvalue weighted by molar-refractivity contribution is -0.137. The molecule has 0 spiro atoms. The number of rotatable bonds is 4. The molecule has 0 unspecified atom stereocenters. The van der Waals surface area contributed by atoms with Gasteiger partial charge < -0.3 is 14.3 Å². The van der Waals surface area contributed by atoms with Crippen molar-refractivity contribution in [3.05, 3.63) is 40.0 Å². The smallest absolute Gasteiger partial charge is 0.371 e. The van der Waals surface area contributed by atoms with E-state index in [1.165, 1.54) is 6.08 Å². The van der Waals surface area contributed by atoms with E-state index in [4.69, 9.17) is 9.52 Å². The molecule has 0 amide bonds. The molecule has 0 aliphatic carbocycles. The molecule has 0 fully saturated rings. The summed E-state index contributed by atoms with van der Waals surface area (Å²) in [6.07, 6.45) is 3.24. The van der Waals surface area contributed by atoms with Gasteiger partial charge in [-0.2, -0.15) is 0 Å². The Morgan fingerprint density at radius 3 is 2.76 bits per heavy atom. The number of carbonyl (C=O) groups excluding carboxylic acids is 1. The number of aromatic carboxylic acids is 1. The molecule has 0 bridgehead atoms. The second kappa shape index (κ2) is 5.64. The van der Waals surface area contributed by atoms with Crippen LogP contribution in [-0.2, 0) is 9.53 Å². The minimum atomic E-state index is -1.33. The van der Waals surface area contributed by atoms with E-state index in [9.17, 15) is 14.4 Å². The van der Waals surface area contributed by atoms with E-state index >= 15 is 0 Å². The summed E-state index contributed by atoms with van der Waals surface area (Å²) in [6, 6.07) is 0.840. The maximum atomic E-state index is 11.4. The maximum absolute atomic E-state index is 11.4. The molecular formula is C11H10O6. The molecule has 0 saturated carbocycles. The summed E-state index contributed by atoms with van der Waals surface area (Å²) in [5.74, 6) is -2.37. The molecule has 0 saturated heterocycles. The minimum absolute atomic E-state index is 0.0723. The van der Waals surface area contributed by atoms with Crippen molar-refractivity contribution >= 4 is 18.0 Å². The van der Waals surface area contributed by atoms with Crippen LogP contribution in [-0.4, -0.2) is 23.7 Å². The van der Waals surface area contributed by atoms with Crippen LogP contribution in [0.25, 0.3) is 6.08 Å². The first kappa shape index (κ1) is 12.7. The molecule has 6 nitrogen and oxygen atoms in total. The molecule has 0 radical (unpaired) electrons. The fraction of sp³-hybridized carbons (Fsp3) is 0.182. The molecule has 6 heteroatoms. The Labute approximate surface area is 96.1 Å². The van der Waals surface area contributed by atoms with E-state index in [1.807, 2.05) is 0 Å². The van der Waals surface area contributed by atoms with Crippen LogP contribution in [0.2, 0.25) is 0 Å². The van der Waals surface area contributed by atoms with E-state index in [2.05, 4.69) is 4.74 Å². The van der Waals surface area contributed by atoms with Crippen molar-refractivity contribution in [1.82, 2.24) is 0 Å². The number of hydrogen-bond donors (Lipinski definition) is 1. The molecule has 0 atom stereocenters. The zero-order chi connectivity index (χ0) is 12.8. The highest BCUT2D eigenvalue weighted by Crippen LogP contribution is 2.01. The van der Waals surface area contributed by atoms with Crippen molar-refractivity contribution in [2.45, 2.75) is 6.92 Å². The van der Waals surface area contributed by atoms with Crippen LogP contribution in [0.1, 0.15) is 23.0 Å². The molecule has 1 heterocycles. The number of carbonyl (C=O) groups is 2. The molecule has 1 rings (SSSR count). The van der Waals surface area contributed by atoms with Gasteiger partial charge in [-0.1, -0.05) is 0 Å². The molecular weight excluding hydrogens is 228 g/mol. The van der Waals surface area contributed by atoms with Gasteiger partial charge in [-0.15, -0.1) is 0 Å². The van der Waals surface area contributed by atoms with Crippen LogP contribution in [0.3, 0.4) is 0 Å². The predicted octanol–water partition coefficient (Wildman–Crippen LogP) is 0.914. The van der Waals surface area contributed by atoms with E-state index in [-0.39, 0.29) is 12.2 Å². The van der Waals surface area contributed by atoms with Gasteiger partial charge in [0, 0.05) is 12.1 Å². The molecule has 1 aromatic rings. The maximum Gasteiger partial charge on any atom is 0.371 e. The summed E-state index contributed by atoms with van der Waals surface area (Å²) < 4.78 is 9.30. The number of carboxylic acids is 1. The fourth-order valence-electron chi connectivity index (χ4n) is 1.00. The third kappa shape index (κ3) is 3.60. The monoisotopic (exact) mass is 238 g/mol. The summed E-state index contributed by atoms with van der Waals surface area (Å²) >= 11 is 0. The van der Waals surface area contributed by atoms with Gasteiger partial charge in [0.1, 0.15) is 6.26 Å². The summed E-state index contributed by atoms with van der Waals surface area (Å²) in [5, 5.41) is 8.56. The quantitative estimate of drug-likeness (QED) is 0.619. The minimum Gasteiger partial charge on any atom is -0.475 e. The average Bonchev–Trinajstić information content (AvgIpc) is 2.27. The Bertz CT molecular complexity index is 511. The van der Waals surface area contributed by atoms with Crippen LogP contribution in [0, 0.1) is 0 Å². The first-order chi connectivity index (χ1) is 8.04. The lowest BCUT2D eigenvalue weighted by atomic mass is 10.2. The van der Waals surface area contributed by atoms with Crippen molar-refractivity contribution in [2.75, 3.05) is 6.61 Å². The number of hydrogen-bond acceptors (Lipinski definition) is 5. The van der Waals surface area contributed by atoms with E-state index in [0.29, 0.717) is 0 Å². The number of ether oxygens (including phenoxy) is 1. The molecule has 0 aliphatic heterocycles. The van der Waals surface area contributed by atoms with Crippen LogP contribution in [0.15, 0.2) is 27.6 Å². The third-order valence-corrected chi connectivity index (χ3v) is 1.76. The molecule has 90 valence electrons. The van der Waals surface area contributed by atoms with Crippen molar-refractivity contribution in [3.63, 3.8) is 0 Å². The zero-order valence-corrected chi connectivity index (χ0v) is 9.00. The standard InChI is InChI=1S/C11H10O6/c1-2-16-10(13)4-3-7-6-17-9(11(14)15)5-8(7)12/h3-6H,2H2,1H3,(H,14,15)/b4-3+.